The maximum absolute atomic E-state index is 13.3. The molecule has 1 aromatic carbocycles. The summed E-state index contributed by atoms with van der Waals surface area (Å²) in [5.41, 5.74) is 6.96. The third kappa shape index (κ3) is 4.10. The second-order valence-corrected chi connectivity index (χ2v) is 9.47. The van der Waals surface area contributed by atoms with Crippen LogP contribution in [0.2, 0.25) is 0 Å². The highest BCUT2D eigenvalue weighted by Gasteiger charge is 2.24. The summed E-state index contributed by atoms with van der Waals surface area (Å²) in [5, 5.41) is 17.1. The first-order valence-corrected chi connectivity index (χ1v) is 11.3. The van der Waals surface area contributed by atoms with Crippen molar-refractivity contribution < 1.29 is 23.1 Å². The van der Waals surface area contributed by atoms with E-state index in [1.807, 2.05) is 6.92 Å². The number of hydrogen-bond donors (Lipinski definition) is 3. The summed E-state index contributed by atoms with van der Waals surface area (Å²) in [5.74, 6) is -0.380. The Kier molecular flexibility index (Phi) is 6.28. The Morgan fingerprint density at radius 3 is 2.73 bits per heavy atom. The van der Waals surface area contributed by atoms with E-state index in [1.165, 1.54) is 22.4 Å². The van der Waals surface area contributed by atoms with Crippen LogP contribution >= 0.6 is 11.3 Å². The van der Waals surface area contributed by atoms with Gasteiger partial charge in [-0.3, -0.25) is 4.79 Å². The van der Waals surface area contributed by atoms with Gasteiger partial charge in [-0.1, -0.05) is 0 Å². The molecule has 2 heterocycles. The van der Waals surface area contributed by atoms with Gasteiger partial charge in [-0.05, 0) is 49.2 Å². The molecule has 0 saturated heterocycles. The third-order valence-electron chi connectivity index (χ3n) is 4.46. The van der Waals surface area contributed by atoms with E-state index in [9.17, 15) is 13.2 Å². The van der Waals surface area contributed by atoms with Crippen LogP contribution in [-0.4, -0.2) is 36.3 Å². The Labute approximate surface area is 177 Å². The Hall–Kier alpha value is -3.11. The number of aryl methyl sites for hydroxylation is 1. The van der Waals surface area contributed by atoms with E-state index in [1.54, 1.807) is 24.3 Å². The van der Waals surface area contributed by atoms with Gasteiger partial charge in [0, 0.05) is 40.9 Å². The quantitative estimate of drug-likeness (QED) is 0.431. The second kappa shape index (κ2) is 8.72. The van der Waals surface area contributed by atoms with Crippen LogP contribution in [0.4, 0.5) is 0 Å². The lowest BCUT2D eigenvalue weighted by Gasteiger charge is -2.07. The molecule has 0 unspecified atom stereocenters. The van der Waals surface area contributed by atoms with Crippen LogP contribution in [0, 0.1) is 5.41 Å². The van der Waals surface area contributed by atoms with Crippen molar-refractivity contribution in [2.24, 2.45) is 5.73 Å². The first kappa shape index (κ1) is 21.6. The Bertz CT molecular complexity index is 1240. The molecule has 0 bridgehead atoms. The summed E-state index contributed by atoms with van der Waals surface area (Å²) >= 11 is 1.01. The summed E-state index contributed by atoms with van der Waals surface area (Å²) < 4.78 is 33.5. The number of nitrogens with zero attached hydrogens (tertiary/aromatic N) is 1. The van der Waals surface area contributed by atoms with Gasteiger partial charge in [0.05, 0.1) is 12.1 Å². The van der Waals surface area contributed by atoms with Crippen LogP contribution in [0.3, 0.4) is 0 Å². The highest BCUT2D eigenvalue weighted by molar-refractivity contribution is 7.92. The number of aliphatic carboxylic acids is 1. The van der Waals surface area contributed by atoms with Crippen molar-refractivity contribution in [2.45, 2.75) is 24.0 Å². The first-order chi connectivity index (χ1) is 14.3. The molecule has 0 aliphatic rings. The monoisotopic (exact) mass is 447 g/mol. The topological polar surface area (TPSA) is 135 Å². The molecule has 0 amide bonds. The number of rotatable bonds is 9. The highest BCUT2D eigenvalue weighted by atomic mass is 32.2. The molecular formula is C20H21N3O5S2. The molecule has 0 radical (unpaired) electrons. The number of nitrogens with two attached hydrogens (primary N) is 1. The van der Waals surface area contributed by atoms with Gasteiger partial charge in [0.2, 0.25) is 0 Å². The molecule has 0 aliphatic heterocycles. The maximum Gasteiger partial charge on any atom is 0.303 e. The third-order valence-corrected chi connectivity index (χ3v) is 7.73. The van der Waals surface area contributed by atoms with E-state index in [-0.39, 0.29) is 17.1 Å². The number of carboxylic acids is 1. The summed E-state index contributed by atoms with van der Waals surface area (Å²) in [6, 6.07) is 8.14. The molecule has 4 N–H and O–H groups in total. The summed E-state index contributed by atoms with van der Waals surface area (Å²) in [6.07, 6.45) is 3.85. The highest BCUT2D eigenvalue weighted by Crippen LogP contribution is 2.33. The molecular weight excluding hydrogens is 426 g/mol. The summed E-state index contributed by atoms with van der Waals surface area (Å²) in [4.78, 5) is 11.6. The van der Waals surface area contributed by atoms with Crippen molar-refractivity contribution in [3.8, 4) is 5.75 Å². The van der Waals surface area contributed by atoms with E-state index < -0.39 is 16.0 Å². The second-order valence-electron chi connectivity index (χ2n) is 6.35. The fraction of sp³-hybridized carbons (Fsp3) is 0.200. The minimum atomic E-state index is -3.93. The van der Waals surface area contributed by atoms with Gasteiger partial charge >= 0.3 is 5.97 Å². The molecule has 3 aromatic rings. The molecule has 3 rings (SSSR count). The van der Waals surface area contributed by atoms with Gasteiger partial charge in [0.25, 0.3) is 10.0 Å². The van der Waals surface area contributed by atoms with Gasteiger partial charge in [-0.15, -0.1) is 11.3 Å². The molecule has 0 saturated carbocycles. The molecule has 0 atom stereocenters. The van der Waals surface area contributed by atoms with Gasteiger partial charge in [-0.25, -0.2) is 3.97 Å². The van der Waals surface area contributed by atoms with Gasteiger partial charge in [-0.2, -0.15) is 8.42 Å². The number of nitrogens with one attached hydrogen (secondary N) is 1. The predicted molar refractivity (Wildman–Crippen MR) is 117 cm³/mol. The SMILES string of the molecule is CCOc1ccc2c(c1)c(CCC(=O)O)cn2S(=O)(=O)c1ccc(/C(C=N)=C/N)s1. The average Bonchev–Trinajstić information content (AvgIpc) is 3.33. The molecule has 0 fully saturated rings. The zero-order valence-electron chi connectivity index (χ0n) is 16.2. The zero-order chi connectivity index (χ0) is 21.9. The van der Waals surface area contributed by atoms with Gasteiger partial charge < -0.3 is 21.0 Å². The number of benzene rings is 1. The van der Waals surface area contributed by atoms with Gasteiger partial charge in [0.1, 0.15) is 9.96 Å². The predicted octanol–water partition coefficient (Wildman–Crippen LogP) is 3.30. The Morgan fingerprint density at radius 2 is 2.10 bits per heavy atom. The fourth-order valence-corrected chi connectivity index (χ4v) is 5.84. The number of aromatic nitrogens is 1. The molecule has 10 heteroatoms. The largest absolute Gasteiger partial charge is 0.494 e. The zero-order valence-corrected chi connectivity index (χ0v) is 17.8. The Morgan fingerprint density at radius 1 is 1.33 bits per heavy atom. The fourth-order valence-electron chi connectivity index (χ4n) is 3.05. The number of carboxylic acid groups (broad SMARTS) is 1. The number of carbonyl (C=O) groups is 1. The van der Waals surface area contributed by atoms with Gasteiger partial charge in [0.15, 0.2) is 0 Å². The van der Waals surface area contributed by atoms with Crippen LogP contribution < -0.4 is 10.5 Å². The molecule has 0 spiro atoms. The Balaban J connectivity index is 2.14. The lowest BCUT2D eigenvalue weighted by molar-refractivity contribution is -0.136. The van der Waals surface area contributed by atoms with E-state index in [0.717, 1.165) is 17.6 Å². The number of hydrogen-bond acceptors (Lipinski definition) is 7. The summed E-state index contributed by atoms with van der Waals surface area (Å²) in [7, 11) is -3.93. The lowest BCUT2D eigenvalue weighted by atomic mass is 10.1. The number of thiophene rings is 1. The molecule has 158 valence electrons. The van der Waals surface area contributed by atoms with Crippen LogP contribution in [0.1, 0.15) is 23.8 Å². The number of fused-ring (bicyclic) bond motifs is 1. The van der Waals surface area contributed by atoms with Crippen LogP contribution in [0.15, 0.2) is 46.9 Å². The molecule has 0 aliphatic carbocycles. The minimum absolute atomic E-state index is 0.0919. The van der Waals surface area contributed by atoms with E-state index in [4.69, 9.17) is 21.0 Å². The van der Waals surface area contributed by atoms with Crippen molar-refractivity contribution >= 4 is 50.0 Å². The average molecular weight is 448 g/mol. The summed E-state index contributed by atoms with van der Waals surface area (Å²) in [6.45, 7) is 2.30. The van der Waals surface area contributed by atoms with Crippen molar-refractivity contribution in [1.29, 1.82) is 5.41 Å². The molecule has 30 heavy (non-hydrogen) atoms. The minimum Gasteiger partial charge on any atom is -0.494 e. The van der Waals surface area contributed by atoms with Crippen LogP contribution in [0.5, 0.6) is 5.75 Å². The first-order valence-electron chi connectivity index (χ1n) is 9.08. The van der Waals surface area contributed by atoms with Crippen LogP contribution in [-0.2, 0) is 21.2 Å². The van der Waals surface area contributed by atoms with Crippen molar-refractivity contribution in [3.05, 3.63) is 53.2 Å². The van der Waals surface area contributed by atoms with Crippen molar-refractivity contribution in [2.75, 3.05) is 6.61 Å². The molecule has 2 aromatic heterocycles. The maximum atomic E-state index is 13.3. The van der Waals surface area contributed by atoms with Crippen molar-refractivity contribution in [1.82, 2.24) is 3.97 Å². The molecule has 8 nitrogen and oxygen atoms in total. The van der Waals surface area contributed by atoms with Crippen molar-refractivity contribution in [3.63, 3.8) is 0 Å². The smallest absolute Gasteiger partial charge is 0.303 e. The van der Waals surface area contributed by atoms with E-state index in [2.05, 4.69) is 0 Å². The lowest BCUT2D eigenvalue weighted by Crippen LogP contribution is -2.10. The number of allylic oxidation sites excluding steroid dienone is 1. The number of ether oxygens (including phenoxy) is 1. The standard InChI is InChI=1S/C20H21N3O5S2/c1-2-28-15-4-5-17-16(9-15)13(3-7-19(24)25)12-23(17)30(26,27)20-8-6-18(29-20)14(10-21)11-22/h4-6,8-12,21H,2-3,7,22H2,1H3,(H,24,25)/b14-11+,21-10?. The van der Waals surface area contributed by atoms with E-state index >= 15 is 0 Å². The van der Waals surface area contributed by atoms with Crippen LogP contribution in [0.25, 0.3) is 16.5 Å². The van der Waals surface area contributed by atoms with E-state index in [0.29, 0.717) is 39.3 Å². The normalized spacial score (nSPS) is 12.2.